The highest BCUT2D eigenvalue weighted by Crippen LogP contribution is 2.61. The zero-order valence-electron chi connectivity index (χ0n) is 14.5. The van der Waals surface area contributed by atoms with Crippen LogP contribution in [0.5, 0.6) is 0 Å². The molecule has 0 aromatic heterocycles. The highest BCUT2D eigenvalue weighted by Gasteiger charge is 2.56. The highest BCUT2D eigenvalue weighted by atomic mass is 16.3. The number of hydrogen-bond donors (Lipinski definition) is 1. The van der Waals surface area contributed by atoms with Gasteiger partial charge in [-0.2, -0.15) is 0 Å². The molecule has 2 nitrogen and oxygen atoms in total. The number of carbonyl (C=O) groups is 1. The second-order valence-electron chi connectivity index (χ2n) is 8.01. The highest BCUT2D eigenvalue weighted by molar-refractivity contribution is 5.87. The van der Waals surface area contributed by atoms with Crippen LogP contribution in [0.25, 0.3) is 0 Å². The molecule has 4 aliphatic carbocycles. The van der Waals surface area contributed by atoms with Crippen LogP contribution < -0.4 is 0 Å². The molecule has 112 valence electrons. The molecule has 4 aliphatic rings. The van der Waals surface area contributed by atoms with Crippen molar-refractivity contribution in [3.05, 3.63) is 0 Å². The third-order valence-electron chi connectivity index (χ3n) is 7.21. The van der Waals surface area contributed by atoms with E-state index >= 15 is 0 Å². The van der Waals surface area contributed by atoms with Crippen LogP contribution in [0.2, 0.25) is 0 Å². The lowest BCUT2D eigenvalue weighted by molar-refractivity contribution is -0.133. The molecule has 0 heterocycles. The van der Waals surface area contributed by atoms with Crippen LogP contribution in [-0.2, 0) is 4.79 Å². The summed E-state index contributed by atoms with van der Waals surface area (Å²) in [5, 5.41) is 10.0. The Morgan fingerprint density at radius 2 is 2.00 bits per heavy atom. The minimum Gasteiger partial charge on any atom is -0.393 e. The first kappa shape index (κ1) is 11.2. The molecule has 0 saturated heterocycles. The summed E-state index contributed by atoms with van der Waals surface area (Å²) in [6.45, 7) is 2.18. The monoisotopic (exact) mass is 278 g/mol. The Morgan fingerprint density at radius 1 is 1.15 bits per heavy atom. The number of fused-ring (bicyclic) bond motifs is 5. The number of carbonyl (C=O) groups excluding carboxylic acids is 1. The van der Waals surface area contributed by atoms with E-state index in [0.29, 0.717) is 35.9 Å². The van der Waals surface area contributed by atoms with E-state index in [1.807, 2.05) is 0 Å². The van der Waals surface area contributed by atoms with Gasteiger partial charge < -0.3 is 5.11 Å². The maximum atomic E-state index is 12.4. The smallest absolute Gasteiger partial charge is 0.139 e. The van der Waals surface area contributed by atoms with Gasteiger partial charge in [0.2, 0.25) is 0 Å². The zero-order valence-corrected chi connectivity index (χ0v) is 12.5. The summed E-state index contributed by atoms with van der Waals surface area (Å²) in [7, 11) is 0. The summed E-state index contributed by atoms with van der Waals surface area (Å²) in [6.07, 6.45) is 5.32. The molecule has 0 amide bonds. The van der Waals surface area contributed by atoms with E-state index < -0.39 is 12.5 Å². The second-order valence-corrected chi connectivity index (χ2v) is 8.01. The van der Waals surface area contributed by atoms with Crippen LogP contribution in [0, 0.1) is 35.0 Å². The molecule has 4 saturated carbocycles. The average molecular weight is 278 g/mol. The van der Waals surface area contributed by atoms with Crippen molar-refractivity contribution < 1.29 is 12.6 Å². The number of aliphatic hydroxyl groups is 1. The van der Waals surface area contributed by atoms with E-state index in [4.69, 9.17) is 2.74 Å². The largest absolute Gasteiger partial charge is 0.393 e. The molecule has 0 spiro atoms. The fourth-order valence-corrected chi connectivity index (χ4v) is 6.17. The van der Waals surface area contributed by atoms with Crippen LogP contribution in [0.3, 0.4) is 0 Å². The van der Waals surface area contributed by atoms with Gasteiger partial charge in [0.15, 0.2) is 0 Å². The maximum absolute atomic E-state index is 12.4. The van der Waals surface area contributed by atoms with E-state index in [9.17, 15) is 9.90 Å². The Bertz CT molecular complexity index is 491. The topological polar surface area (TPSA) is 37.3 Å². The Labute approximate surface area is 125 Å². The summed E-state index contributed by atoms with van der Waals surface area (Å²) in [5.41, 5.74) is -0.116. The SMILES string of the molecule is [2H]C1([2H])C[C@@H](O)C[C@H]2CC[C@@H]3[C@H](CC[C@]4(C)C(=O)CC[C@@H]34)[C@H]21. The third-order valence-corrected chi connectivity index (χ3v) is 7.21. The minimum absolute atomic E-state index is 0.106. The molecule has 4 fully saturated rings. The Kier molecular flexibility index (Phi) is 2.56. The predicted molar refractivity (Wildman–Crippen MR) is 78.1 cm³/mol. The molecular weight excluding hydrogens is 248 g/mol. The molecule has 20 heavy (non-hydrogen) atoms. The van der Waals surface area contributed by atoms with Gasteiger partial charge in [0.25, 0.3) is 0 Å². The number of hydrogen-bond acceptors (Lipinski definition) is 2. The number of Topliss-reactive ketones (excluding diaryl/α,β-unsaturated/α-hetero) is 1. The Morgan fingerprint density at radius 3 is 2.85 bits per heavy atom. The summed E-state index contributed by atoms with van der Waals surface area (Å²) in [6, 6.07) is 0. The van der Waals surface area contributed by atoms with Gasteiger partial charge in [0, 0.05) is 14.6 Å². The van der Waals surface area contributed by atoms with Crippen molar-refractivity contribution in [1.82, 2.24) is 0 Å². The molecule has 4 rings (SSSR count). The van der Waals surface area contributed by atoms with Crippen LogP contribution in [0.1, 0.15) is 67.4 Å². The summed E-state index contributed by atoms with van der Waals surface area (Å²) in [4.78, 5) is 12.4. The molecule has 0 unspecified atom stereocenters. The molecule has 0 radical (unpaired) electrons. The van der Waals surface area contributed by atoms with E-state index in [-0.39, 0.29) is 11.3 Å². The van der Waals surface area contributed by atoms with Crippen LogP contribution in [-0.4, -0.2) is 17.0 Å². The van der Waals surface area contributed by atoms with Crippen LogP contribution in [0.15, 0.2) is 0 Å². The quantitative estimate of drug-likeness (QED) is 0.735. The number of ketones is 1. The Balaban J connectivity index is 1.65. The van der Waals surface area contributed by atoms with Gasteiger partial charge >= 0.3 is 0 Å². The van der Waals surface area contributed by atoms with E-state index in [1.165, 1.54) is 0 Å². The van der Waals surface area contributed by atoms with Gasteiger partial charge in [-0.1, -0.05) is 6.92 Å². The normalized spacial score (nSPS) is 59.0. The van der Waals surface area contributed by atoms with Gasteiger partial charge in [-0.25, -0.2) is 0 Å². The fourth-order valence-electron chi connectivity index (χ4n) is 6.17. The zero-order chi connectivity index (χ0) is 15.7. The molecular formula is C18H28O2. The van der Waals surface area contributed by atoms with Crippen molar-refractivity contribution in [2.24, 2.45) is 35.0 Å². The molecule has 0 aliphatic heterocycles. The number of rotatable bonds is 0. The molecule has 0 bridgehead atoms. The van der Waals surface area contributed by atoms with Crippen LogP contribution >= 0.6 is 0 Å². The van der Waals surface area contributed by atoms with Crippen molar-refractivity contribution in [2.75, 3.05) is 0 Å². The first-order chi connectivity index (χ1) is 10.3. The van der Waals surface area contributed by atoms with E-state index in [0.717, 1.165) is 44.9 Å². The van der Waals surface area contributed by atoms with Crippen LogP contribution in [0.4, 0.5) is 0 Å². The molecule has 1 N–H and O–H groups in total. The second kappa shape index (κ2) is 4.56. The third kappa shape index (κ3) is 1.76. The number of aliphatic hydroxyl groups excluding tert-OH is 1. The summed E-state index contributed by atoms with van der Waals surface area (Å²) >= 11 is 0. The van der Waals surface area contributed by atoms with Crippen molar-refractivity contribution >= 4 is 5.78 Å². The summed E-state index contributed by atoms with van der Waals surface area (Å²) in [5.74, 6) is 2.38. The van der Waals surface area contributed by atoms with E-state index in [2.05, 4.69) is 6.92 Å². The average Bonchev–Trinajstić information content (AvgIpc) is 2.73. The first-order valence-corrected chi connectivity index (χ1v) is 8.54. The van der Waals surface area contributed by atoms with Gasteiger partial charge in [0.05, 0.1) is 6.10 Å². The van der Waals surface area contributed by atoms with Crippen molar-refractivity contribution in [3.63, 3.8) is 0 Å². The van der Waals surface area contributed by atoms with E-state index in [1.54, 1.807) is 0 Å². The van der Waals surface area contributed by atoms with Gasteiger partial charge in [-0.05, 0) is 80.9 Å². The first-order valence-electron chi connectivity index (χ1n) is 9.54. The molecule has 7 atom stereocenters. The van der Waals surface area contributed by atoms with Crippen molar-refractivity contribution in [2.45, 2.75) is 70.8 Å². The lowest BCUT2D eigenvalue weighted by Gasteiger charge is -2.54. The van der Waals surface area contributed by atoms with Crippen molar-refractivity contribution in [3.8, 4) is 0 Å². The Hall–Kier alpha value is -0.370. The molecule has 0 aromatic carbocycles. The molecule has 0 aromatic rings. The fraction of sp³-hybridized carbons (Fsp3) is 0.944. The predicted octanol–water partition coefficient (Wildman–Crippen LogP) is 3.57. The lowest BCUT2D eigenvalue weighted by atomic mass is 9.50. The maximum Gasteiger partial charge on any atom is 0.139 e. The van der Waals surface area contributed by atoms with Gasteiger partial charge in [0.1, 0.15) is 5.78 Å². The minimum atomic E-state index is -1.23. The lowest BCUT2D eigenvalue weighted by Crippen LogP contribution is -2.49. The van der Waals surface area contributed by atoms with Gasteiger partial charge in [-0.3, -0.25) is 4.79 Å². The van der Waals surface area contributed by atoms with Crippen molar-refractivity contribution in [1.29, 1.82) is 0 Å². The molecule has 2 heteroatoms. The summed E-state index contributed by atoms with van der Waals surface area (Å²) < 4.78 is 17.0. The van der Waals surface area contributed by atoms with Gasteiger partial charge in [-0.15, -0.1) is 0 Å². The standard InChI is InChI=1S/C18H28O2/c1-18-9-8-14-13-5-3-12(19)10-11(13)2-4-15(14)16(18)6-7-17(18)20/h11-16,19H,2-10H2,1H3/t11-,12-,13+,14-,15-,16+,18+/m1/s1/i5D2.